The van der Waals surface area contributed by atoms with Gasteiger partial charge in [-0.25, -0.2) is 0 Å². The van der Waals surface area contributed by atoms with Crippen molar-refractivity contribution in [2.24, 2.45) is 7.05 Å². The van der Waals surface area contributed by atoms with E-state index in [9.17, 15) is 15.0 Å². The summed E-state index contributed by atoms with van der Waals surface area (Å²) in [6, 6.07) is 16.0. The number of nitrogen functional groups attached to an aromatic ring is 1. The van der Waals surface area contributed by atoms with E-state index in [2.05, 4.69) is 0 Å². The van der Waals surface area contributed by atoms with Crippen LogP contribution in [0.25, 0.3) is 28.1 Å². The molecule has 0 amide bonds. The van der Waals surface area contributed by atoms with Crippen molar-refractivity contribution in [2.75, 3.05) is 5.73 Å². The van der Waals surface area contributed by atoms with Crippen LogP contribution in [0.5, 0.6) is 17.2 Å². The van der Waals surface area contributed by atoms with Crippen LogP contribution in [0.3, 0.4) is 0 Å². The van der Waals surface area contributed by atoms with Gasteiger partial charge in [0.1, 0.15) is 22.8 Å². The lowest BCUT2D eigenvalue weighted by molar-refractivity contribution is 0.101. The monoisotopic (exact) mass is 398 g/mol. The smallest absolute Gasteiger partial charge is 0.235 e. The van der Waals surface area contributed by atoms with Crippen molar-refractivity contribution in [3.8, 4) is 28.4 Å². The summed E-state index contributed by atoms with van der Waals surface area (Å²) in [6.07, 6.45) is 3.57. The molecular weight excluding hydrogens is 380 g/mol. The van der Waals surface area contributed by atoms with Crippen LogP contribution in [-0.4, -0.2) is 20.6 Å². The zero-order valence-corrected chi connectivity index (χ0v) is 16.1. The van der Waals surface area contributed by atoms with Crippen LogP contribution in [0.4, 0.5) is 5.69 Å². The number of carbonyl (C=O) groups excluding carboxylic acids is 1. The maximum absolute atomic E-state index is 12.8. The second-order valence-electron chi connectivity index (χ2n) is 7.26. The van der Waals surface area contributed by atoms with Gasteiger partial charge in [-0.2, -0.15) is 0 Å². The number of aromatic hydroxyl groups is 2. The normalized spacial score (nSPS) is 14.3. The van der Waals surface area contributed by atoms with Gasteiger partial charge in [0.05, 0.1) is 0 Å². The third-order valence-corrected chi connectivity index (χ3v) is 5.32. The Kier molecular flexibility index (Phi) is 3.83. The summed E-state index contributed by atoms with van der Waals surface area (Å²) in [6.45, 7) is 0. The Bertz CT molecular complexity index is 1380. The molecule has 0 radical (unpaired) electrons. The number of nitrogens with zero attached hydrogens (tertiary/aromatic N) is 1. The predicted octanol–water partition coefficient (Wildman–Crippen LogP) is 4.45. The van der Waals surface area contributed by atoms with Gasteiger partial charge in [-0.15, -0.1) is 0 Å². The first-order valence-electron chi connectivity index (χ1n) is 9.37. The molecule has 1 aliphatic heterocycles. The number of nitrogens with two attached hydrogens (primary N) is 1. The molecule has 0 atom stereocenters. The van der Waals surface area contributed by atoms with E-state index in [1.807, 2.05) is 60.3 Å². The number of benzene rings is 3. The van der Waals surface area contributed by atoms with Gasteiger partial charge < -0.3 is 25.3 Å². The highest BCUT2D eigenvalue weighted by Gasteiger charge is 2.31. The molecule has 0 saturated heterocycles. The average molecular weight is 398 g/mol. The van der Waals surface area contributed by atoms with E-state index in [-0.39, 0.29) is 28.6 Å². The van der Waals surface area contributed by atoms with Crippen LogP contribution in [0, 0.1) is 0 Å². The second-order valence-corrected chi connectivity index (χ2v) is 7.26. The molecule has 0 saturated carbocycles. The first-order valence-corrected chi connectivity index (χ1v) is 9.37. The molecular formula is C24H18N2O4. The number of anilines is 1. The minimum atomic E-state index is -0.434. The Morgan fingerprint density at radius 2 is 1.80 bits per heavy atom. The molecule has 30 heavy (non-hydrogen) atoms. The van der Waals surface area contributed by atoms with Gasteiger partial charge >= 0.3 is 0 Å². The lowest BCUT2D eigenvalue weighted by Gasteiger charge is -2.09. The third kappa shape index (κ3) is 2.62. The lowest BCUT2D eigenvalue weighted by atomic mass is 9.97. The van der Waals surface area contributed by atoms with Gasteiger partial charge in [0.2, 0.25) is 5.78 Å². The SMILES string of the molecule is Cn1cc(/C=C2\Oc3cc(O)cc(O)c3C2=O)c2c(-c3ccccc3N)cccc21. The number of phenols is 2. The van der Waals surface area contributed by atoms with Crippen molar-refractivity contribution in [2.45, 2.75) is 0 Å². The van der Waals surface area contributed by atoms with Crippen LogP contribution in [-0.2, 0) is 7.05 Å². The molecule has 5 rings (SSSR count). The number of fused-ring (bicyclic) bond motifs is 2. The Morgan fingerprint density at radius 1 is 1.03 bits per heavy atom. The van der Waals surface area contributed by atoms with Gasteiger partial charge in [-0.05, 0) is 23.8 Å². The van der Waals surface area contributed by atoms with E-state index in [1.165, 1.54) is 6.07 Å². The standard InChI is InChI=1S/C24H18N2O4/c1-26-12-13(9-21-24(29)23-19(28)10-14(27)11-20(23)30-21)22-16(6-4-8-18(22)26)15-5-2-3-7-17(15)25/h2-12,27-28H,25H2,1H3/b21-9-. The Labute approximate surface area is 172 Å². The van der Waals surface area contributed by atoms with Crippen LogP contribution in [0.2, 0.25) is 0 Å². The van der Waals surface area contributed by atoms with E-state index in [1.54, 1.807) is 6.08 Å². The molecule has 0 spiro atoms. The molecule has 0 bridgehead atoms. The van der Waals surface area contributed by atoms with E-state index in [0.29, 0.717) is 5.69 Å². The second kappa shape index (κ2) is 6.42. The number of para-hydroxylation sites is 1. The van der Waals surface area contributed by atoms with E-state index >= 15 is 0 Å². The minimum Gasteiger partial charge on any atom is -0.508 e. The predicted molar refractivity (Wildman–Crippen MR) is 115 cm³/mol. The van der Waals surface area contributed by atoms with Gasteiger partial charge in [0, 0.05) is 53.1 Å². The molecule has 4 aromatic rings. The van der Waals surface area contributed by atoms with E-state index in [4.69, 9.17) is 10.5 Å². The van der Waals surface area contributed by atoms with Gasteiger partial charge in [-0.3, -0.25) is 4.79 Å². The first-order chi connectivity index (χ1) is 14.4. The fraction of sp³-hybridized carbons (Fsp3) is 0.0417. The number of carbonyl (C=O) groups is 1. The van der Waals surface area contributed by atoms with E-state index in [0.717, 1.165) is 33.7 Å². The summed E-state index contributed by atoms with van der Waals surface area (Å²) in [5.74, 6) is -0.705. The molecule has 6 nitrogen and oxygen atoms in total. The largest absolute Gasteiger partial charge is 0.508 e. The van der Waals surface area contributed by atoms with Crippen LogP contribution < -0.4 is 10.5 Å². The van der Waals surface area contributed by atoms with Gasteiger partial charge in [0.15, 0.2) is 5.76 Å². The van der Waals surface area contributed by atoms with Crippen molar-refractivity contribution in [3.63, 3.8) is 0 Å². The molecule has 0 unspecified atom stereocenters. The molecule has 1 aromatic heterocycles. The van der Waals surface area contributed by atoms with Crippen molar-refractivity contribution in [1.82, 2.24) is 4.57 Å². The summed E-state index contributed by atoms with van der Waals surface area (Å²) < 4.78 is 7.64. The Morgan fingerprint density at radius 3 is 2.60 bits per heavy atom. The summed E-state index contributed by atoms with van der Waals surface area (Å²) in [5.41, 5.74) is 10.5. The quantitative estimate of drug-likeness (QED) is 0.342. The number of allylic oxidation sites excluding steroid dienone is 1. The summed E-state index contributed by atoms with van der Waals surface area (Å²) in [7, 11) is 1.93. The summed E-state index contributed by atoms with van der Waals surface area (Å²) >= 11 is 0. The third-order valence-electron chi connectivity index (χ3n) is 5.32. The molecule has 6 heteroatoms. The highest BCUT2D eigenvalue weighted by Crippen LogP contribution is 2.42. The van der Waals surface area contributed by atoms with Crippen LogP contribution >= 0.6 is 0 Å². The summed E-state index contributed by atoms with van der Waals surface area (Å²) in [5, 5.41) is 20.7. The zero-order chi connectivity index (χ0) is 21.0. The number of hydrogen-bond donors (Lipinski definition) is 3. The van der Waals surface area contributed by atoms with Crippen LogP contribution in [0.15, 0.2) is 66.6 Å². The Balaban J connectivity index is 1.71. The fourth-order valence-corrected chi connectivity index (χ4v) is 3.98. The molecule has 148 valence electrons. The number of ether oxygens (including phenoxy) is 1. The Hall–Kier alpha value is -4.19. The van der Waals surface area contributed by atoms with Crippen LogP contribution in [0.1, 0.15) is 15.9 Å². The number of phenolic OH excluding ortho intramolecular Hbond substituents is 2. The number of Topliss-reactive ketones (excluding diaryl/α,β-unsaturated/α-hetero) is 1. The van der Waals surface area contributed by atoms with Crippen molar-refractivity contribution < 1.29 is 19.7 Å². The molecule has 2 heterocycles. The average Bonchev–Trinajstić information content (AvgIpc) is 3.19. The highest BCUT2D eigenvalue weighted by molar-refractivity contribution is 6.17. The first kappa shape index (κ1) is 17.9. The van der Waals surface area contributed by atoms with Crippen molar-refractivity contribution in [3.05, 3.63) is 77.7 Å². The minimum absolute atomic E-state index is 0.0480. The number of ketones is 1. The summed E-state index contributed by atoms with van der Waals surface area (Å²) in [4.78, 5) is 12.8. The number of rotatable bonds is 2. The fourth-order valence-electron chi connectivity index (χ4n) is 3.98. The number of aryl methyl sites for hydroxylation is 1. The number of aromatic nitrogens is 1. The van der Waals surface area contributed by atoms with Gasteiger partial charge in [0.25, 0.3) is 0 Å². The van der Waals surface area contributed by atoms with Crippen molar-refractivity contribution >= 4 is 28.4 Å². The molecule has 0 aliphatic carbocycles. The zero-order valence-electron chi connectivity index (χ0n) is 16.1. The van der Waals surface area contributed by atoms with E-state index < -0.39 is 5.78 Å². The molecule has 0 fully saturated rings. The van der Waals surface area contributed by atoms with Gasteiger partial charge in [-0.1, -0.05) is 30.3 Å². The molecule has 4 N–H and O–H groups in total. The van der Waals surface area contributed by atoms with Crippen molar-refractivity contribution in [1.29, 1.82) is 0 Å². The topological polar surface area (TPSA) is 97.7 Å². The number of hydrogen-bond acceptors (Lipinski definition) is 5. The maximum atomic E-state index is 12.8. The molecule has 3 aromatic carbocycles. The maximum Gasteiger partial charge on any atom is 0.235 e. The molecule has 1 aliphatic rings. The lowest BCUT2D eigenvalue weighted by Crippen LogP contribution is -1.98. The highest BCUT2D eigenvalue weighted by atomic mass is 16.5.